The molecule has 2 rings (SSSR count). The molecule has 6 heteroatoms. The first-order valence-corrected chi connectivity index (χ1v) is 5.17. The number of nitrogens with zero attached hydrogens (tertiary/aromatic N) is 3. The van der Waals surface area contributed by atoms with E-state index in [1.807, 2.05) is 0 Å². The monoisotopic (exact) mass is 232 g/mol. The Hall–Kier alpha value is -0.580. The van der Waals surface area contributed by atoms with Crippen LogP contribution in [0, 0.1) is 0 Å². The highest BCUT2D eigenvalue weighted by molar-refractivity contribution is 6.32. The van der Waals surface area contributed by atoms with Crippen LogP contribution in [0.25, 0.3) is 0 Å². The lowest BCUT2D eigenvalue weighted by Crippen LogP contribution is -2.43. The van der Waals surface area contributed by atoms with Gasteiger partial charge in [-0.1, -0.05) is 11.6 Å². The quantitative estimate of drug-likeness (QED) is 0.584. The molecule has 2 heterocycles. The summed E-state index contributed by atoms with van der Waals surface area (Å²) < 4.78 is 0. The van der Waals surface area contributed by atoms with Gasteiger partial charge in [-0.3, -0.25) is 0 Å². The predicted molar refractivity (Wildman–Crippen MR) is 57.1 cm³/mol. The summed E-state index contributed by atoms with van der Waals surface area (Å²) in [6.45, 7) is 3.76. The smallest absolute Gasteiger partial charge is 0.225 e. The van der Waals surface area contributed by atoms with Gasteiger partial charge in [-0.25, -0.2) is 9.97 Å². The van der Waals surface area contributed by atoms with Crippen molar-refractivity contribution < 1.29 is 0 Å². The molecular formula is C8H10Cl2N4. The van der Waals surface area contributed by atoms with E-state index < -0.39 is 0 Å². The molecule has 0 bridgehead atoms. The molecule has 0 aliphatic carbocycles. The Morgan fingerprint density at radius 1 is 1.21 bits per heavy atom. The van der Waals surface area contributed by atoms with E-state index in [1.165, 1.54) is 0 Å². The first kappa shape index (κ1) is 9.96. The normalized spacial score (nSPS) is 17.1. The number of aromatic nitrogens is 2. The van der Waals surface area contributed by atoms with Gasteiger partial charge >= 0.3 is 0 Å². The predicted octanol–water partition coefficient (Wildman–Crippen LogP) is 1.19. The zero-order chi connectivity index (χ0) is 9.97. The first-order chi connectivity index (χ1) is 6.75. The average Bonchev–Trinajstić information content (AvgIpc) is 2.18. The van der Waals surface area contributed by atoms with E-state index in [1.54, 1.807) is 6.07 Å². The Morgan fingerprint density at radius 3 is 2.57 bits per heavy atom. The van der Waals surface area contributed by atoms with Crippen LogP contribution in [0.1, 0.15) is 0 Å². The van der Waals surface area contributed by atoms with Crippen molar-refractivity contribution in [1.82, 2.24) is 15.3 Å². The summed E-state index contributed by atoms with van der Waals surface area (Å²) in [5, 5.41) is 3.85. The third kappa shape index (κ3) is 2.26. The lowest BCUT2D eigenvalue weighted by atomic mass is 10.3. The molecular weight excluding hydrogens is 223 g/mol. The van der Waals surface area contributed by atoms with Crippen molar-refractivity contribution in [1.29, 1.82) is 0 Å². The number of anilines is 1. The van der Waals surface area contributed by atoms with Gasteiger partial charge in [-0.15, -0.1) is 0 Å². The van der Waals surface area contributed by atoms with Gasteiger partial charge in [0.1, 0.15) is 11.0 Å². The minimum Gasteiger partial charge on any atom is -0.354 e. The van der Waals surface area contributed by atoms with Crippen LogP contribution in [0.5, 0.6) is 0 Å². The fourth-order valence-corrected chi connectivity index (χ4v) is 1.83. The van der Waals surface area contributed by atoms with Crippen molar-refractivity contribution >= 4 is 29.0 Å². The molecule has 1 aromatic heterocycles. The zero-order valence-corrected chi connectivity index (χ0v) is 9.02. The molecule has 0 spiro atoms. The third-order valence-corrected chi connectivity index (χ3v) is 2.46. The largest absolute Gasteiger partial charge is 0.354 e. The van der Waals surface area contributed by atoms with E-state index in [9.17, 15) is 0 Å². The second kappa shape index (κ2) is 4.29. The van der Waals surface area contributed by atoms with Crippen LogP contribution >= 0.6 is 23.2 Å². The Morgan fingerprint density at radius 2 is 1.93 bits per heavy atom. The Bertz CT molecular complexity index is 305. The van der Waals surface area contributed by atoms with E-state index in [4.69, 9.17) is 23.2 Å². The SMILES string of the molecule is Clc1cc(N2CCNCC2)nc(Cl)n1. The molecule has 0 amide bonds. The number of halogens is 2. The van der Waals surface area contributed by atoms with Crippen LogP contribution in [0.15, 0.2) is 6.07 Å². The van der Waals surface area contributed by atoms with E-state index in [0.29, 0.717) is 5.15 Å². The van der Waals surface area contributed by atoms with Crippen molar-refractivity contribution in [2.75, 3.05) is 31.1 Å². The van der Waals surface area contributed by atoms with Gasteiger partial charge in [0, 0.05) is 32.2 Å². The van der Waals surface area contributed by atoms with E-state index in [0.717, 1.165) is 32.0 Å². The highest BCUT2D eigenvalue weighted by Gasteiger charge is 2.12. The van der Waals surface area contributed by atoms with E-state index >= 15 is 0 Å². The number of hydrogen-bond donors (Lipinski definition) is 1. The topological polar surface area (TPSA) is 41.0 Å². The molecule has 4 nitrogen and oxygen atoms in total. The molecule has 0 saturated carbocycles. The standard InChI is InChI=1S/C8H10Cl2N4/c9-6-5-7(13-8(10)12-6)14-3-1-11-2-4-14/h5,11H,1-4H2. The van der Waals surface area contributed by atoms with Gasteiger partial charge in [-0.2, -0.15) is 0 Å². The van der Waals surface area contributed by atoms with Crippen LogP contribution < -0.4 is 10.2 Å². The summed E-state index contributed by atoms with van der Waals surface area (Å²) >= 11 is 11.5. The van der Waals surface area contributed by atoms with Gasteiger partial charge in [0.15, 0.2) is 0 Å². The molecule has 1 aliphatic heterocycles. The molecule has 0 unspecified atom stereocenters. The van der Waals surface area contributed by atoms with Crippen LogP contribution in [-0.2, 0) is 0 Å². The van der Waals surface area contributed by atoms with Crippen LogP contribution in [-0.4, -0.2) is 36.1 Å². The van der Waals surface area contributed by atoms with Crippen molar-refractivity contribution in [2.45, 2.75) is 0 Å². The number of piperazine rings is 1. The third-order valence-electron chi connectivity index (χ3n) is 2.10. The van der Waals surface area contributed by atoms with Gasteiger partial charge in [0.25, 0.3) is 0 Å². The van der Waals surface area contributed by atoms with Crippen molar-refractivity contribution in [3.05, 3.63) is 16.5 Å². The minimum atomic E-state index is 0.200. The summed E-state index contributed by atoms with van der Waals surface area (Å²) in [5.74, 6) is 0.802. The summed E-state index contributed by atoms with van der Waals surface area (Å²) in [7, 11) is 0. The van der Waals surface area contributed by atoms with Gasteiger partial charge < -0.3 is 10.2 Å². The maximum atomic E-state index is 5.79. The fraction of sp³-hybridized carbons (Fsp3) is 0.500. The molecule has 1 N–H and O–H groups in total. The number of nitrogens with one attached hydrogen (secondary N) is 1. The lowest BCUT2D eigenvalue weighted by molar-refractivity contribution is 0.584. The molecule has 1 aromatic rings. The lowest BCUT2D eigenvalue weighted by Gasteiger charge is -2.28. The second-order valence-corrected chi connectivity index (χ2v) is 3.78. The Balaban J connectivity index is 2.21. The van der Waals surface area contributed by atoms with Crippen LogP contribution in [0.2, 0.25) is 10.4 Å². The minimum absolute atomic E-state index is 0.200. The average molecular weight is 233 g/mol. The molecule has 0 aromatic carbocycles. The molecule has 0 atom stereocenters. The molecule has 0 radical (unpaired) electrons. The summed E-state index contributed by atoms with van der Waals surface area (Å²) in [6, 6.07) is 1.73. The molecule has 76 valence electrons. The highest BCUT2D eigenvalue weighted by Crippen LogP contribution is 2.18. The zero-order valence-electron chi connectivity index (χ0n) is 7.50. The Kier molecular flexibility index (Phi) is 3.05. The number of rotatable bonds is 1. The summed E-state index contributed by atoms with van der Waals surface area (Å²) in [6.07, 6.45) is 0. The molecule has 1 saturated heterocycles. The second-order valence-electron chi connectivity index (χ2n) is 3.05. The van der Waals surface area contributed by atoms with Crippen LogP contribution in [0.3, 0.4) is 0 Å². The molecule has 1 aliphatic rings. The summed E-state index contributed by atoms with van der Waals surface area (Å²) in [5.41, 5.74) is 0. The first-order valence-electron chi connectivity index (χ1n) is 4.41. The van der Waals surface area contributed by atoms with Gasteiger partial charge in [-0.05, 0) is 11.6 Å². The molecule has 1 fully saturated rings. The van der Waals surface area contributed by atoms with Crippen LogP contribution in [0.4, 0.5) is 5.82 Å². The van der Waals surface area contributed by atoms with Gasteiger partial charge in [0.2, 0.25) is 5.28 Å². The van der Waals surface area contributed by atoms with Crippen molar-refractivity contribution in [3.8, 4) is 0 Å². The van der Waals surface area contributed by atoms with Crippen molar-refractivity contribution in [3.63, 3.8) is 0 Å². The summed E-state index contributed by atoms with van der Waals surface area (Å²) in [4.78, 5) is 10.1. The highest BCUT2D eigenvalue weighted by atomic mass is 35.5. The van der Waals surface area contributed by atoms with E-state index in [2.05, 4.69) is 20.2 Å². The van der Waals surface area contributed by atoms with Crippen molar-refractivity contribution in [2.24, 2.45) is 0 Å². The Labute approximate surface area is 92.2 Å². The maximum absolute atomic E-state index is 5.79. The number of hydrogen-bond acceptors (Lipinski definition) is 4. The fourth-order valence-electron chi connectivity index (χ4n) is 1.43. The maximum Gasteiger partial charge on any atom is 0.225 e. The molecule has 14 heavy (non-hydrogen) atoms. The van der Waals surface area contributed by atoms with E-state index in [-0.39, 0.29) is 5.28 Å². The van der Waals surface area contributed by atoms with Gasteiger partial charge in [0.05, 0.1) is 0 Å².